The van der Waals surface area contributed by atoms with E-state index in [9.17, 15) is 5.11 Å². The lowest BCUT2D eigenvalue weighted by atomic mass is 10.1. The quantitative estimate of drug-likeness (QED) is 0.716. The molecule has 1 saturated heterocycles. The average Bonchev–Trinajstić information content (AvgIpc) is 2.58. The van der Waals surface area contributed by atoms with Gasteiger partial charge in [-0.15, -0.1) is 0 Å². The van der Waals surface area contributed by atoms with Crippen LogP contribution in [0.5, 0.6) is 0 Å². The molecule has 1 aromatic rings. The Balaban J connectivity index is 2.27. The highest BCUT2D eigenvalue weighted by Crippen LogP contribution is 2.24. The number of nitrogen functional groups attached to an aromatic ring is 1. The Bertz CT molecular complexity index is 419. The number of aromatic nitrogens is 3. The van der Waals surface area contributed by atoms with Crippen LogP contribution in [-0.4, -0.2) is 52.8 Å². The highest BCUT2D eigenvalue weighted by atomic mass is 16.3. The number of hydrogen-bond acceptors (Lipinski definition) is 7. The Kier molecular flexibility index (Phi) is 2.78. The molecule has 1 aliphatic rings. The summed E-state index contributed by atoms with van der Waals surface area (Å²) < 4.78 is 0. The summed E-state index contributed by atoms with van der Waals surface area (Å²) in [6.07, 6.45) is 0.704. The molecular formula is C10H18N6O. The topological polar surface area (TPSA) is 91.4 Å². The molecule has 7 nitrogen and oxygen atoms in total. The van der Waals surface area contributed by atoms with Gasteiger partial charge in [0.1, 0.15) is 0 Å². The molecule has 1 aliphatic heterocycles. The minimum absolute atomic E-state index is 0.199. The predicted octanol–water partition coefficient (Wildman–Crippen LogP) is -0.519. The molecule has 0 radical (unpaired) electrons. The first-order valence-corrected chi connectivity index (χ1v) is 5.54. The molecule has 0 amide bonds. The van der Waals surface area contributed by atoms with Crippen molar-refractivity contribution in [3.8, 4) is 0 Å². The van der Waals surface area contributed by atoms with Crippen LogP contribution in [0.4, 0.5) is 17.8 Å². The maximum atomic E-state index is 9.92. The van der Waals surface area contributed by atoms with Gasteiger partial charge < -0.3 is 20.6 Å². The Morgan fingerprint density at radius 3 is 2.59 bits per heavy atom. The SMILES string of the molecule is CN(C)c1nc(N)nc(N2CCC(C)(O)C2)n1. The third kappa shape index (κ3) is 2.55. The normalized spacial score (nSPS) is 24.1. The van der Waals surface area contributed by atoms with Crippen molar-refractivity contribution in [3.63, 3.8) is 0 Å². The number of rotatable bonds is 2. The van der Waals surface area contributed by atoms with E-state index in [4.69, 9.17) is 5.73 Å². The minimum atomic E-state index is -0.681. The smallest absolute Gasteiger partial charge is 0.232 e. The van der Waals surface area contributed by atoms with E-state index in [-0.39, 0.29) is 5.95 Å². The number of hydrogen-bond donors (Lipinski definition) is 2. The Morgan fingerprint density at radius 2 is 2.06 bits per heavy atom. The summed E-state index contributed by atoms with van der Waals surface area (Å²) in [6.45, 7) is 3.05. The molecule has 0 saturated carbocycles. The average molecular weight is 238 g/mol. The maximum absolute atomic E-state index is 9.92. The van der Waals surface area contributed by atoms with Gasteiger partial charge in [0, 0.05) is 27.2 Å². The van der Waals surface area contributed by atoms with Crippen LogP contribution in [-0.2, 0) is 0 Å². The fraction of sp³-hybridized carbons (Fsp3) is 0.700. The van der Waals surface area contributed by atoms with Gasteiger partial charge in [-0.25, -0.2) is 0 Å². The van der Waals surface area contributed by atoms with Crippen molar-refractivity contribution in [2.75, 3.05) is 42.7 Å². The van der Waals surface area contributed by atoms with Crippen LogP contribution in [0.2, 0.25) is 0 Å². The van der Waals surface area contributed by atoms with Gasteiger partial charge in [0.25, 0.3) is 0 Å². The summed E-state index contributed by atoms with van der Waals surface area (Å²) >= 11 is 0. The van der Waals surface area contributed by atoms with Crippen molar-refractivity contribution < 1.29 is 5.11 Å². The zero-order valence-electron chi connectivity index (χ0n) is 10.4. The fourth-order valence-electron chi connectivity index (χ4n) is 1.83. The van der Waals surface area contributed by atoms with E-state index < -0.39 is 5.60 Å². The second-order valence-electron chi connectivity index (χ2n) is 4.86. The van der Waals surface area contributed by atoms with Gasteiger partial charge in [0.15, 0.2) is 0 Å². The second kappa shape index (κ2) is 3.99. The number of aliphatic hydroxyl groups is 1. The van der Waals surface area contributed by atoms with Gasteiger partial charge in [0.2, 0.25) is 17.8 Å². The van der Waals surface area contributed by atoms with E-state index in [1.165, 1.54) is 0 Å². The molecule has 1 fully saturated rings. The molecule has 1 aromatic heterocycles. The third-order valence-corrected chi connectivity index (χ3v) is 2.76. The largest absolute Gasteiger partial charge is 0.388 e. The standard InChI is InChI=1S/C10H18N6O/c1-10(17)4-5-16(6-10)9-13-7(11)12-8(14-9)15(2)3/h17H,4-6H2,1-3H3,(H2,11,12,13,14). The molecule has 2 heterocycles. The van der Waals surface area contributed by atoms with E-state index in [0.717, 1.165) is 6.54 Å². The molecule has 0 aromatic carbocycles. The first-order chi connectivity index (χ1) is 7.87. The van der Waals surface area contributed by atoms with Crippen LogP contribution in [0.25, 0.3) is 0 Å². The number of nitrogens with zero attached hydrogens (tertiary/aromatic N) is 5. The van der Waals surface area contributed by atoms with Gasteiger partial charge in [0.05, 0.1) is 5.60 Å². The summed E-state index contributed by atoms with van der Waals surface area (Å²) in [6, 6.07) is 0. The van der Waals surface area contributed by atoms with Crippen LogP contribution >= 0.6 is 0 Å². The van der Waals surface area contributed by atoms with Gasteiger partial charge in [-0.1, -0.05) is 0 Å². The summed E-state index contributed by atoms with van der Waals surface area (Å²) in [5, 5.41) is 9.92. The lowest BCUT2D eigenvalue weighted by Gasteiger charge is -2.20. The highest BCUT2D eigenvalue weighted by molar-refractivity contribution is 5.43. The van der Waals surface area contributed by atoms with Gasteiger partial charge in [-0.3, -0.25) is 0 Å². The Morgan fingerprint density at radius 1 is 1.35 bits per heavy atom. The van der Waals surface area contributed by atoms with E-state index in [1.54, 1.807) is 4.90 Å². The zero-order valence-corrected chi connectivity index (χ0v) is 10.4. The highest BCUT2D eigenvalue weighted by Gasteiger charge is 2.33. The summed E-state index contributed by atoms with van der Waals surface area (Å²) in [7, 11) is 3.69. The molecule has 17 heavy (non-hydrogen) atoms. The van der Waals surface area contributed by atoms with Crippen molar-refractivity contribution >= 4 is 17.8 Å². The van der Waals surface area contributed by atoms with Crippen LogP contribution in [0.3, 0.4) is 0 Å². The van der Waals surface area contributed by atoms with Crippen molar-refractivity contribution in [2.24, 2.45) is 0 Å². The lowest BCUT2D eigenvalue weighted by Crippen LogP contribution is -2.31. The minimum Gasteiger partial charge on any atom is -0.388 e. The molecule has 0 spiro atoms. The first-order valence-electron chi connectivity index (χ1n) is 5.54. The summed E-state index contributed by atoms with van der Waals surface area (Å²) in [5.41, 5.74) is 4.97. The Hall–Kier alpha value is -1.63. The molecule has 1 unspecified atom stereocenters. The predicted molar refractivity (Wildman–Crippen MR) is 66.0 cm³/mol. The zero-order chi connectivity index (χ0) is 12.6. The second-order valence-corrected chi connectivity index (χ2v) is 4.86. The third-order valence-electron chi connectivity index (χ3n) is 2.76. The van der Waals surface area contributed by atoms with E-state index in [0.29, 0.717) is 24.9 Å². The molecular weight excluding hydrogens is 220 g/mol. The van der Waals surface area contributed by atoms with Crippen LogP contribution in [0.15, 0.2) is 0 Å². The van der Waals surface area contributed by atoms with Gasteiger partial charge >= 0.3 is 0 Å². The molecule has 0 aliphatic carbocycles. The van der Waals surface area contributed by atoms with Crippen LogP contribution < -0.4 is 15.5 Å². The van der Waals surface area contributed by atoms with Crippen molar-refractivity contribution in [1.29, 1.82) is 0 Å². The van der Waals surface area contributed by atoms with Crippen molar-refractivity contribution in [1.82, 2.24) is 15.0 Å². The summed E-state index contributed by atoms with van der Waals surface area (Å²) in [5.74, 6) is 1.25. The monoisotopic (exact) mass is 238 g/mol. The molecule has 1 atom stereocenters. The molecule has 2 rings (SSSR count). The van der Waals surface area contributed by atoms with Gasteiger partial charge in [-0.2, -0.15) is 15.0 Å². The molecule has 94 valence electrons. The number of nitrogens with two attached hydrogens (primary N) is 1. The van der Waals surface area contributed by atoms with E-state index in [1.807, 2.05) is 25.9 Å². The van der Waals surface area contributed by atoms with Crippen LogP contribution in [0, 0.1) is 0 Å². The summed E-state index contributed by atoms with van der Waals surface area (Å²) in [4.78, 5) is 16.2. The fourth-order valence-corrected chi connectivity index (χ4v) is 1.83. The van der Waals surface area contributed by atoms with Crippen molar-refractivity contribution in [2.45, 2.75) is 18.9 Å². The number of β-amino-alcohol motifs (C(OH)–C–C–N with tert-alkyl or cyclic N) is 1. The van der Waals surface area contributed by atoms with Gasteiger partial charge in [-0.05, 0) is 13.3 Å². The van der Waals surface area contributed by atoms with E-state index >= 15 is 0 Å². The molecule has 3 N–H and O–H groups in total. The lowest BCUT2D eigenvalue weighted by molar-refractivity contribution is 0.0838. The maximum Gasteiger partial charge on any atom is 0.232 e. The van der Waals surface area contributed by atoms with Crippen LogP contribution in [0.1, 0.15) is 13.3 Å². The first kappa shape index (κ1) is 11.8. The molecule has 0 bridgehead atoms. The Labute approximate surface area is 100 Å². The van der Waals surface area contributed by atoms with E-state index in [2.05, 4.69) is 15.0 Å². The van der Waals surface area contributed by atoms with Crippen molar-refractivity contribution in [3.05, 3.63) is 0 Å². The number of anilines is 3. The molecule has 7 heteroatoms.